The minimum absolute atomic E-state index is 0.558. The third-order valence-electron chi connectivity index (χ3n) is 3.74. The molecular weight excluding hydrogens is 356 g/mol. The molecule has 0 atom stereocenters. The molecule has 2 N–H and O–H groups in total. The van der Waals surface area contributed by atoms with Gasteiger partial charge in [-0.3, -0.25) is 0 Å². The van der Waals surface area contributed by atoms with E-state index in [1.807, 2.05) is 0 Å². The molecule has 0 aliphatic carbocycles. The predicted octanol–water partition coefficient (Wildman–Crippen LogP) is 3.36. The molecule has 0 aromatic heterocycles. The van der Waals surface area contributed by atoms with Gasteiger partial charge in [0.1, 0.15) is 0 Å². The lowest BCUT2D eigenvalue weighted by molar-refractivity contribution is -0.134. The van der Waals surface area contributed by atoms with Gasteiger partial charge in [-0.25, -0.2) is 9.59 Å². The number of hydrogen-bond donors (Lipinski definition) is 2. The second-order valence-electron chi connectivity index (χ2n) is 6.41. The summed E-state index contributed by atoms with van der Waals surface area (Å²) in [4.78, 5) is 23.8. The van der Waals surface area contributed by atoms with Gasteiger partial charge in [0.15, 0.2) is 0 Å². The zero-order valence-corrected chi connectivity index (χ0v) is 16.4. The number of para-hydroxylation sites is 1. The second kappa shape index (κ2) is 13.1. The maximum absolute atomic E-state index is 9.55. The van der Waals surface area contributed by atoms with E-state index < -0.39 is 11.9 Å². The zero-order chi connectivity index (χ0) is 20.8. The van der Waals surface area contributed by atoms with Crippen molar-refractivity contribution in [1.82, 2.24) is 4.90 Å². The summed E-state index contributed by atoms with van der Waals surface area (Å²) in [6.07, 6.45) is 2.29. The molecule has 28 heavy (non-hydrogen) atoms. The lowest BCUT2D eigenvalue weighted by Gasteiger charge is -2.25. The number of aliphatic carboxylic acids is 2. The van der Waals surface area contributed by atoms with Gasteiger partial charge < -0.3 is 20.0 Å². The molecule has 0 saturated heterocycles. The Morgan fingerprint density at radius 1 is 0.821 bits per heavy atom. The molecule has 2 aromatic carbocycles. The van der Waals surface area contributed by atoms with Gasteiger partial charge in [-0.05, 0) is 44.8 Å². The van der Waals surface area contributed by atoms with Crippen molar-refractivity contribution >= 4 is 17.6 Å². The molecule has 0 aliphatic heterocycles. The highest BCUT2D eigenvalue weighted by Crippen LogP contribution is 2.17. The van der Waals surface area contributed by atoms with E-state index in [1.54, 1.807) is 0 Å². The average Bonchev–Trinajstić information content (AvgIpc) is 2.67. The van der Waals surface area contributed by atoms with Crippen molar-refractivity contribution in [3.05, 3.63) is 78.4 Å². The highest BCUT2D eigenvalue weighted by atomic mass is 16.4. The van der Waals surface area contributed by atoms with Gasteiger partial charge in [-0.2, -0.15) is 0 Å². The molecule has 0 aliphatic rings. The van der Waals surface area contributed by atoms with Crippen LogP contribution >= 0.6 is 0 Å². The molecule has 0 fully saturated rings. The average molecular weight is 384 g/mol. The lowest BCUT2D eigenvalue weighted by atomic mass is 10.2. The van der Waals surface area contributed by atoms with Crippen LogP contribution in [0.15, 0.2) is 72.8 Å². The van der Waals surface area contributed by atoms with Crippen LogP contribution in [-0.2, 0) is 16.1 Å². The van der Waals surface area contributed by atoms with Crippen LogP contribution in [0.5, 0.6) is 0 Å². The molecule has 2 rings (SSSR count). The van der Waals surface area contributed by atoms with E-state index in [0.717, 1.165) is 19.6 Å². The number of benzene rings is 2. The van der Waals surface area contributed by atoms with E-state index >= 15 is 0 Å². The molecule has 6 nitrogen and oxygen atoms in total. The quantitative estimate of drug-likeness (QED) is 0.645. The van der Waals surface area contributed by atoms with Gasteiger partial charge >= 0.3 is 11.9 Å². The van der Waals surface area contributed by atoms with Crippen molar-refractivity contribution in [3.63, 3.8) is 0 Å². The second-order valence-corrected chi connectivity index (χ2v) is 6.41. The summed E-state index contributed by atoms with van der Waals surface area (Å²) in [7, 11) is 4.26. The fraction of sp³-hybridized carbons (Fsp3) is 0.273. The SMILES string of the molecule is CN(C)CCCN(Cc1ccccc1)c1ccccc1.O=C(O)/C=C\C(=O)O. The number of carboxylic acids is 2. The summed E-state index contributed by atoms with van der Waals surface area (Å²) >= 11 is 0. The van der Waals surface area contributed by atoms with Crippen molar-refractivity contribution in [1.29, 1.82) is 0 Å². The molecule has 6 heteroatoms. The normalized spacial score (nSPS) is 10.4. The molecule has 0 saturated carbocycles. The summed E-state index contributed by atoms with van der Waals surface area (Å²) in [6, 6.07) is 21.4. The summed E-state index contributed by atoms with van der Waals surface area (Å²) in [5.74, 6) is -2.51. The van der Waals surface area contributed by atoms with Crippen LogP contribution < -0.4 is 4.90 Å². The Kier molecular flexibility index (Phi) is 10.7. The first kappa shape index (κ1) is 22.9. The molecule has 2 aromatic rings. The molecule has 150 valence electrons. The molecule has 0 spiro atoms. The van der Waals surface area contributed by atoms with E-state index in [4.69, 9.17) is 10.2 Å². The number of carbonyl (C=O) groups is 2. The van der Waals surface area contributed by atoms with Crippen LogP contribution in [0.1, 0.15) is 12.0 Å². The molecule has 0 amide bonds. The van der Waals surface area contributed by atoms with Crippen molar-refractivity contribution in [2.75, 3.05) is 32.1 Å². The Morgan fingerprint density at radius 3 is 1.79 bits per heavy atom. The summed E-state index contributed by atoms with van der Waals surface area (Å²) in [6.45, 7) is 3.17. The first-order chi connectivity index (χ1) is 13.4. The summed E-state index contributed by atoms with van der Waals surface area (Å²) < 4.78 is 0. The Balaban J connectivity index is 0.000000416. The Hall–Kier alpha value is -3.12. The first-order valence-corrected chi connectivity index (χ1v) is 9.01. The van der Waals surface area contributed by atoms with Crippen LogP contribution in [0.4, 0.5) is 5.69 Å². The Labute approximate surface area is 166 Å². The van der Waals surface area contributed by atoms with Gasteiger partial charge in [0.25, 0.3) is 0 Å². The third-order valence-corrected chi connectivity index (χ3v) is 3.74. The van der Waals surface area contributed by atoms with Crippen LogP contribution in [0.25, 0.3) is 0 Å². The van der Waals surface area contributed by atoms with E-state index in [-0.39, 0.29) is 0 Å². The van der Waals surface area contributed by atoms with E-state index in [1.165, 1.54) is 17.7 Å². The number of carboxylic acid groups (broad SMARTS) is 2. The molecule has 0 bridgehead atoms. The van der Waals surface area contributed by atoms with Gasteiger partial charge in [0.05, 0.1) is 0 Å². The minimum Gasteiger partial charge on any atom is -0.478 e. The molecular formula is C22H28N2O4. The first-order valence-electron chi connectivity index (χ1n) is 9.01. The Bertz CT molecular complexity index is 715. The number of anilines is 1. The third kappa shape index (κ3) is 10.8. The largest absolute Gasteiger partial charge is 0.478 e. The van der Waals surface area contributed by atoms with E-state index in [9.17, 15) is 9.59 Å². The summed E-state index contributed by atoms with van der Waals surface area (Å²) in [5.41, 5.74) is 2.66. The van der Waals surface area contributed by atoms with Crippen molar-refractivity contribution in [3.8, 4) is 0 Å². The molecule has 0 heterocycles. The van der Waals surface area contributed by atoms with Crippen LogP contribution in [-0.4, -0.2) is 54.2 Å². The predicted molar refractivity (Wildman–Crippen MR) is 112 cm³/mol. The van der Waals surface area contributed by atoms with E-state index in [2.05, 4.69) is 84.6 Å². The number of nitrogens with zero attached hydrogens (tertiary/aromatic N) is 2. The highest BCUT2D eigenvalue weighted by Gasteiger charge is 2.07. The molecule has 0 unspecified atom stereocenters. The van der Waals surface area contributed by atoms with Crippen LogP contribution in [0.2, 0.25) is 0 Å². The van der Waals surface area contributed by atoms with Crippen molar-refractivity contribution < 1.29 is 19.8 Å². The van der Waals surface area contributed by atoms with Gasteiger partial charge in [0, 0.05) is 30.9 Å². The fourth-order valence-corrected chi connectivity index (χ4v) is 2.46. The molecule has 0 radical (unpaired) electrons. The smallest absolute Gasteiger partial charge is 0.328 e. The Morgan fingerprint density at radius 2 is 1.32 bits per heavy atom. The zero-order valence-electron chi connectivity index (χ0n) is 16.4. The standard InChI is InChI=1S/C18H24N2.C4H4O4/c1-19(2)14-9-15-20(18-12-7-4-8-13-18)16-17-10-5-3-6-11-17;5-3(6)1-2-4(7)8/h3-8,10-13H,9,14-16H2,1-2H3;1-2H,(H,5,6)(H,7,8)/b;2-1-. The minimum atomic E-state index is -1.26. The van der Waals surface area contributed by atoms with Crippen LogP contribution in [0, 0.1) is 0 Å². The van der Waals surface area contributed by atoms with Crippen molar-refractivity contribution in [2.24, 2.45) is 0 Å². The van der Waals surface area contributed by atoms with Crippen LogP contribution in [0.3, 0.4) is 0 Å². The monoisotopic (exact) mass is 384 g/mol. The van der Waals surface area contributed by atoms with Gasteiger partial charge in [-0.1, -0.05) is 48.5 Å². The number of rotatable bonds is 9. The maximum Gasteiger partial charge on any atom is 0.328 e. The van der Waals surface area contributed by atoms with Crippen molar-refractivity contribution in [2.45, 2.75) is 13.0 Å². The van der Waals surface area contributed by atoms with Gasteiger partial charge in [-0.15, -0.1) is 0 Å². The summed E-state index contributed by atoms with van der Waals surface area (Å²) in [5, 5.41) is 15.6. The van der Waals surface area contributed by atoms with Gasteiger partial charge in [0.2, 0.25) is 0 Å². The topological polar surface area (TPSA) is 81.1 Å². The highest BCUT2D eigenvalue weighted by molar-refractivity contribution is 5.89. The number of hydrogen-bond acceptors (Lipinski definition) is 4. The van der Waals surface area contributed by atoms with E-state index in [0.29, 0.717) is 12.2 Å². The maximum atomic E-state index is 9.55. The fourth-order valence-electron chi connectivity index (χ4n) is 2.46. The lowest BCUT2D eigenvalue weighted by Crippen LogP contribution is -2.26.